The molecule has 1 aromatic rings. The summed E-state index contributed by atoms with van der Waals surface area (Å²) in [6, 6.07) is 9.85. The highest BCUT2D eigenvalue weighted by atomic mass is 14.9. The monoisotopic (exact) mass is 245 g/mol. The van der Waals surface area contributed by atoms with Gasteiger partial charge in [0.05, 0.1) is 0 Å². The first kappa shape index (κ1) is 13.6. The van der Waals surface area contributed by atoms with E-state index in [9.17, 15) is 0 Å². The van der Waals surface area contributed by atoms with Crippen LogP contribution in [0.25, 0.3) is 0 Å². The smallest absolute Gasteiger partial charge is 0.0161 e. The number of nitrogens with one attached hydrogen (secondary N) is 1. The zero-order valence-corrected chi connectivity index (χ0v) is 12.3. The molecule has 0 saturated heterocycles. The zero-order chi connectivity index (χ0) is 13.2. The second kappa shape index (κ2) is 5.44. The lowest BCUT2D eigenvalue weighted by Crippen LogP contribution is -2.38. The fourth-order valence-electron chi connectivity index (χ4n) is 2.63. The van der Waals surface area contributed by atoms with E-state index in [0.717, 1.165) is 6.54 Å². The van der Waals surface area contributed by atoms with Gasteiger partial charge in [0.25, 0.3) is 0 Å². The van der Waals surface area contributed by atoms with Crippen LogP contribution in [0, 0.1) is 5.41 Å². The van der Waals surface area contributed by atoms with E-state index in [4.69, 9.17) is 0 Å². The number of hydrogen-bond acceptors (Lipinski definition) is 1. The Bertz CT molecular complexity index is 373. The summed E-state index contributed by atoms with van der Waals surface area (Å²) < 4.78 is 0. The highest BCUT2D eigenvalue weighted by molar-refractivity contribution is 5.26. The van der Waals surface area contributed by atoms with Gasteiger partial charge in [-0.2, -0.15) is 0 Å². The topological polar surface area (TPSA) is 12.0 Å². The minimum Gasteiger partial charge on any atom is -0.313 e. The number of likely N-dealkylation sites (N-methyl/N-ethyl adjacent to an activating group) is 1. The van der Waals surface area contributed by atoms with E-state index in [1.807, 2.05) is 0 Å². The van der Waals surface area contributed by atoms with Gasteiger partial charge in [-0.15, -0.1) is 0 Å². The molecule has 1 saturated carbocycles. The molecule has 18 heavy (non-hydrogen) atoms. The fourth-order valence-corrected chi connectivity index (χ4v) is 2.63. The molecule has 0 aromatic heterocycles. The normalized spacial score (nSPS) is 18.9. The van der Waals surface area contributed by atoms with Gasteiger partial charge in [-0.1, -0.05) is 52.0 Å². The van der Waals surface area contributed by atoms with Crippen LogP contribution < -0.4 is 5.32 Å². The van der Waals surface area contributed by atoms with Crippen LogP contribution in [0.15, 0.2) is 24.3 Å². The van der Waals surface area contributed by atoms with Crippen LogP contribution in [0.2, 0.25) is 0 Å². The van der Waals surface area contributed by atoms with Crippen LogP contribution in [0.5, 0.6) is 0 Å². The van der Waals surface area contributed by atoms with Crippen molar-refractivity contribution in [3.63, 3.8) is 0 Å². The lowest BCUT2D eigenvalue weighted by Gasteiger charge is -2.24. The minimum absolute atomic E-state index is 0.548. The molecule has 0 radical (unpaired) electrons. The molecule has 0 bridgehead atoms. The first-order valence-corrected chi connectivity index (χ1v) is 7.37. The molecule has 0 amide bonds. The number of benzene rings is 1. The van der Waals surface area contributed by atoms with Crippen molar-refractivity contribution < 1.29 is 0 Å². The first-order chi connectivity index (χ1) is 8.55. The SMILES string of the molecule is CCNC(Cc1ccc(C(C)C)cc1)C1(C)CC1. The van der Waals surface area contributed by atoms with E-state index >= 15 is 0 Å². The van der Waals surface area contributed by atoms with Gasteiger partial charge < -0.3 is 5.32 Å². The Balaban J connectivity index is 2.02. The summed E-state index contributed by atoms with van der Waals surface area (Å²) in [5.74, 6) is 0.629. The summed E-state index contributed by atoms with van der Waals surface area (Å²) in [5.41, 5.74) is 3.46. The molecular weight excluding hydrogens is 218 g/mol. The maximum Gasteiger partial charge on any atom is 0.0161 e. The predicted molar refractivity (Wildman–Crippen MR) is 79.0 cm³/mol. The van der Waals surface area contributed by atoms with E-state index in [1.165, 1.54) is 30.4 Å². The van der Waals surface area contributed by atoms with Crippen LogP contribution in [0.1, 0.15) is 57.6 Å². The Morgan fingerprint density at radius 3 is 2.22 bits per heavy atom. The molecule has 1 aliphatic rings. The van der Waals surface area contributed by atoms with Crippen LogP contribution in [0.4, 0.5) is 0 Å². The van der Waals surface area contributed by atoms with Gasteiger partial charge in [-0.3, -0.25) is 0 Å². The highest BCUT2D eigenvalue weighted by Gasteiger charge is 2.44. The second-order valence-electron chi connectivity index (χ2n) is 6.36. The van der Waals surface area contributed by atoms with Gasteiger partial charge in [0, 0.05) is 6.04 Å². The molecule has 100 valence electrons. The van der Waals surface area contributed by atoms with Gasteiger partial charge in [0.15, 0.2) is 0 Å². The summed E-state index contributed by atoms with van der Waals surface area (Å²) in [6.07, 6.45) is 3.94. The Kier molecular flexibility index (Phi) is 4.11. The summed E-state index contributed by atoms with van der Waals surface area (Å²) >= 11 is 0. The molecule has 1 aromatic carbocycles. The van der Waals surface area contributed by atoms with Crippen molar-refractivity contribution in [2.45, 2.75) is 58.9 Å². The van der Waals surface area contributed by atoms with Gasteiger partial charge in [-0.25, -0.2) is 0 Å². The number of rotatable bonds is 6. The molecule has 1 heteroatoms. The van der Waals surface area contributed by atoms with Gasteiger partial charge in [0.1, 0.15) is 0 Å². The first-order valence-electron chi connectivity index (χ1n) is 7.37. The molecule has 1 nitrogen and oxygen atoms in total. The van der Waals surface area contributed by atoms with Crippen molar-refractivity contribution in [3.05, 3.63) is 35.4 Å². The second-order valence-corrected chi connectivity index (χ2v) is 6.36. The van der Waals surface area contributed by atoms with E-state index in [-0.39, 0.29) is 0 Å². The lowest BCUT2D eigenvalue weighted by atomic mass is 9.91. The molecule has 1 atom stereocenters. The fraction of sp³-hybridized carbons (Fsp3) is 0.647. The maximum absolute atomic E-state index is 3.67. The van der Waals surface area contributed by atoms with Crippen molar-refractivity contribution in [1.29, 1.82) is 0 Å². The highest BCUT2D eigenvalue weighted by Crippen LogP contribution is 2.48. The van der Waals surface area contributed by atoms with E-state index in [1.54, 1.807) is 0 Å². The van der Waals surface area contributed by atoms with Crippen LogP contribution in [-0.2, 0) is 6.42 Å². The predicted octanol–water partition coefficient (Wildman–Crippen LogP) is 4.13. The lowest BCUT2D eigenvalue weighted by molar-refractivity contribution is 0.360. The largest absolute Gasteiger partial charge is 0.313 e. The van der Waals surface area contributed by atoms with Crippen molar-refractivity contribution >= 4 is 0 Å². The Morgan fingerprint density at radius 1 is 1.17 bits per heavy atom. The third-order valence-corrected chi connectivity index (χ3v) is 4.42. The summed E-state index contributed by atoms with van der Waals surface area (Å²) in [5, 5.41) is 3.67. The standard InChI is InChI=1S/C17H27N/c1-5-18-16(17(4)10-11-17)12-14-6-8-15(9-7-14)13(2)3/h6-9,13,16,18H,5,10-12H2,1-4H3. The zero-order valence-electron chi connectivity index (χ0n) is 12.3. The Labute approximate surface area is 112 Å². The van der Waals surface area contributed by atoms with Crippen molar-refractivity contribution in [2.24, 2.45) is 5.41 Å². The molecule has 1 N–H and O–H groups in total. The maximum atomic E-state index is 3.67. The number of hydrogen-bond donors (Lipinski definition) is 1. The van der Waals surface area contributed by atoms with Crippen molar-refractivity contribution in [3.8, 4) is 0 Å². The van der Waals surface area contributed by atoms with E-state index in [0.29, 0.717) is 17.4 Å². The summed E-state index contributed by atoms with van der Waals surface area (Å²) in [4.78, 5) is 0. The van der Waals surface area contributed by atoms with E-state index < -0.39 is 0 Å². The molecule has 1 aliphatic carbocycles. The molecule has 0 heterocycles. The van der Waals surface area contributed by atoms with Crippen LogP contribution in [-0.4, -0.2) is 12.6 Å². The third kappa shape index (κ3) is 3.14. The average Bonchev–Trinajstić information content (AvgIpc) is 3.09. The quantitative estimate of drug-likeness (QED) is 0.794. The van der Waals surface area contributed by atoms with Gasteiger partial charge >= 0.3 is 0 Å². The summed E-state index contributed by atoms with van der Waals surface area (Å²) in [7, 11) is 0. The minimum atomic E-state index is 0.548. The van der Waals surface area contributed by atoms with Crippen molar-refractivity contribution in [1.82, 2.24) is 5.32 Å². The van der Waals surface area contributed by atoms with Gasteiger partial charge in [-0.05, 0) is 48.3 Å². The molecule has 1 fully saturated rings. The van der Waals surface area contributed by atoms with Crippen LogP contribution in [0.3, 0.4) is 0 Å². The molecule has 0 aliphatic heterocycles. The molecular formula is C17H27N. The molecule has 0 spiro atoms. The average molecular weight is 245 g/mol. The Morgan fingerprint density at radius 2 is 1.78 bits per heavy atom. The van der Waals surface area contributed by atoms with Gasteiger partial charge in [0.2, 0.25) is 0 Å². The molecule has 2 rings (SSSR count). The Hall–Kier alpha value is -0.820. The molecule has 1 unspecified atom stereocenters. The van der Waals surface area contributed by atoms with Crippen molar-refractivity contribution in [2.75, 3.05) is 6.54 Å². The van der Waals surface area contributed by atoms with E-state index in [2.05, 4.69) is 57.3 Å². The summed E-state index contributed by atoms with van der Waals surface area (Å²) in [6.45, 7) is 10.2. The van der Waals surface area contributed by atoms with Crippen LogP contribution >= 0.6 is 0 Å². The third-order valence-electron chi connectivity index (χ3n) is 4.42.